The minimum Gasteiger partial charge on any atom is -0.497 e. The highest BCUT2D eigenvalue weighted by Crippen LogP contribution is 2.29. The lowest BCUT2D eigenvalue weighted by Crippen LogP contribution is -2.41. The van der Waals surface area contributed by atoms with Crippen molar-refractivity contribution in [2.75, 3.05) is 43.5 Å². The number of nitrogens with one attached hydrogen (secondary N) is 1. The number of rotatable bonds is 10. The summed E-state index contributed by atoms with van der Waals surface area (Å²) in [5.74, 6) is -0.139. The van der Waals surface area contributed by atoms with E-state index in [2.05, 4.69) is 10.2 Å². The maximum absolute atomic E-state index is 13.6. The third kappa shape index (κ3) is 6.61. The third-order valence-corrected chi connectivity index (χ3v) is 7.69. The van der Waals surface area contributed by atoms with Crippen LogP contribution in [0.4, 0.5) is 11.4 Å². The summed E-state index contributed by atoms with van der Waals surface area (Å²) < 4.78 is 5.16. The van der Waals surface area contributed by atoms with Crippen molar-refractivity contribution in [2.24, 2.45) is 11.7 Å². The van der Waals surface area contributed by atoms with E-state index >= 15 is 0 Å². The number of nitrogens with zero attached hydrogens (tertiary/aromatic N) is 3. The van der Waals surface area contributed by atoms with Gasteiger partial charge in [-0.05, 0) is 99.6 Å². The van der Waals surface area contributed by atoms with Crippen molar-refractivity contribution < 1.29 is 19.1 Å². The molecule has 2 heterocycles. The molecule has 0 bridgehead atoms. The second-order valence-electron chi connectivity index (χ2n) is 9.49. The van der Waals surface area contributed by atoms with Crippen LogP contribution in [-0.4, -0.2) is 72.0 Å². The van der Waals surface area contributed by atoms with Gasteiger partial charge in [-0.3, -0.25) is 19.3 Å². The SMILES string of the molecule is COc1ccc(NC(=O)C[C@H]2C(=O)N(c3ccc(Cl)cc3)C(=S)N2CCCN2CCC(C(N)=O)CC2)cc1. The van der Waals surface area contributed by atoms with Gasteiger partial charge in [-0.15, -0.1) is 0 Å². The number of ether oxygens (including phenoxy) is 1. The maximum Gasteiger partial charge on any atom is 0.256 e. The number of carbonyl (C=O) groups is 3. The first-order chi connectivity index (χ1) is 18.3. The molecule has 202 valence electrons. The number of amides is 3. The van der Waals surface area contributed by atoms with E-state index in [4.69, 9.17) is 34.3 Å². The Balaban J connectivity index is 1.43. The molecule has 2 aromatic rings. The zero-order valence-electron chi connectivity index (χ0n) is 21.3. The van der Waals surface area contributed by atoms with Gasteiger partial charge < -0.3 is 25.6 Å². The van der Waals surface area contributed by atoms with Crippen molar-refractivity contribution in [3.63, 3.8) is 0 Å². The van der Waals surface area contributed by atoms with Crippen LogP contribution in [0, 0.1) is 5.92 Å². The Labute approximate surface area is 232 Å². The van der Waals surface area contributed by atoms with E-state index in [0.717, 1.165) is 38.9 Å². The number of piperidine rings is 1. The molecule has 2 fully saturated rings. The number of hydrogen-bond donors (Lipinski definition) is 2. The Kier molecular flexibility index (Phi) is 9.19. The van der Waals surface area contributed by atoms with Gasteiger partial charge in [-0.1, -0.05) is 11.6 Å². The Hall–Kier alpha value is -3.21. The molecule has 0 saturated carbocycles. The maximum atomic E-state index is 13.6. The number of methoxy groups -OCH3 is 1. The number of nitrogens with two attached hydrogens (primary N) is 1. The van der Waals surface area contributed by atoms with E-state index in [9.17, 15) is 14.4 Å². The second-order valence-corrected chi connectivity index (χ2v) is 10.3. The Bertz CT molecular complexity index is 1170. The molecule has 1 atom stereocenters. The lowest BCUT2D eigenvalue weighted by molar-refractivity contribution is -0.124. The molecule has 3 N–H and O–H groups in total. The van der Waals surface area contributed by atoms with E-state index in [1.807, 2.05) is 4.90 Å². The van der Waals surface area contributed by atoms with Crippen molar-refractivity contribution in [3.8, 4) is 5.75 Å². The summed E-state index contributed by atoms with van der Waals surface area (Å²) in [5, 5.41) is 3.78. The van der Waals surface area contributed by atoms with Crippen molar-refractivity contribution in [1.29, 1.82) is 0 Å². The van der Waals surface area contributed by atoms with Crippen LogP contribution in [0.25, 0.3) is 0 Å². The highest BCUT2D eigenvalue weighted by Gasteiger charge is 2.44. The van der Waals surface area contributed by atoms with Gasteiger partial charge in [0.15, 0.2) is 5.11 Å². The van der Waals surface area contributed by atoms with Gasteiger partial charge in [-0.25, -0.2) is 0 Å². The normalized spacial score (nSPS) is 18.6. The number of hydrogen-bond acceptors (Lipinski definition) is 6. The standard InChI is InChI=1S/C27H32ClN5O4S/c1-37-22-9-5-20(6-10-22)30-24(34)17-23-26(36)33(21-7-3-19(28)4-8-21)27(38)32(23)14-2-13-31-15-11-18(12-16-31)25(29)35/h3-10,18,23H,2,11-17H2,1H3,(H2,29,35)(H,30,34)/t23-/m0/s1. The highest BCUT2D eigenvalue weighted by atomic mass is 35.5. The first-order valence-corrected chi connectivity index (χ1v) is 13.4. The van der Waals surface area contributed by atoms with Crippen LogP contribution in [0.5, 0.6) is 5.75 Å². The number of carbonyl (C=O) groups excluding carboxylic acids is 3. The number of thiocarbonyl (C=S) groups is 1. The second kappa shape index (κ2) is 12.6. The molecule has 2 aromatic carbocycles. The summed E-state index contributed by atoms with van der Waals surface area (Å²) in [7, 11) is 1.58. The first kappa shape index (κ1) is 27.8. The molecule has 0 unspecified atom stereocenters. The molecule has 2 aliphatic rings. The lowest BCUT2D eigenvalue weighted by Gasteiger charge is -2.31. The summed E-state index contributed by atoms with van der Waals surface area (Å²) >= 11 is 11.8. The fourth-order valence-electron chi connectivity index (χ4n) is 4.88. The van der Waals surface area contributed by atoms with Crippen LogP contribution >= 0.6 is 23.8 Å². The van der Waals surface area contributed by atoms with Gasteiger partial charge in [0.1, 0.15) is 11.8 Å². The number of halogens is 1. The van der Waals surface area contributed by atoms with Crippen molar-refractivity contribution >= 4 is 58.0 Å². The molecule has 0 aliphatic carbocycles. The molecule has 2 aliphatic heterocycles. The topological polar surface area (TPSA) is 108 Å². The van der Waals surface area contributed by atoms with E-state index in [-0.39, 0.29) is 30.1 Å². The smallest absolute Gasteiger partial charge is 0.256 e. The number of anilines is 2. The molecule has 0 aromatic heterocycles. The minimum atomic E-state index is -0.725. The highest BCUT2D eigenvalue weighted by molar-refractivity contribution is 7.80. The Morgan fingerprint density at radius 3 is 2.34 bits per heavy atom. The summed E-state index contributed by atoms with van der Waals surface area (Å²) in [6.45, 7) is 2.93. The molecule has 9 nitrogen and oxygen atoms in total. The summed E-state index contributed by atoms with van der Waals surface area (Å²) in [4.78, 5) is 43.6. The van der Waals surface area contributed by atoms with Gasteiger partial charge in [0.25, 0.3) is 5.91 Å². The molecule has 0 radical (unpaired) electrons. The van der Waals surface area contributed by atoms with Crippen LogP contribution in [0.15, 0.2) is 48.5 Å². The molecule has 11 heteroatoms. The zero-order valence-corrected chi connectivity index (χ0v) is 22.8. The fraction of sp³-hybridized carbons (Fsp3) is 0.407. The Morgan fingerprint density at radius 2 is 1.74 bits per heavy atom. The number of likely N-dealkylation sites (tertiary alicyclic amines) is 1. The average molecular weight is 558 g/mol. The van der Waals surface area contributed by atoms with Gasteiger partial charge in [0.2, 0.25) is 11.8 Å². The van der Waals surface area contributed by atoms with Gasteiger partial charge in [0.05, 0.1) is 19.2 Å². The zero-order chi connectivity index (χ0) is 27.2. The van der Waals surface area contributed by atoms with Crippen molar-refractivity contribution in [2.45, 2.75) is 31.7 Å². The molecular weight excluding hydrogens is 526 g/mol. The van der Waals surface area contributed by atoms with Crippen LogP contribution in [0.2, 0.25) is 5.02 Å². The van der Waals surface area contributed by atoms with E-state index in [1.165, 1.54) is 4.90 Å². The molecular formula is C27H32ClN5O4S. The van der Waals surface area contributed by atoms with Crippen LogP contribution in [-0.2, 0) is 14.4 Å². The van der Waals surface area contributed by atoms with Crippen LogP contribution in [0.1, 0.15) is 25.7 Å². The molecule has 4 rings (SSSR count). The van der Waals surface area contributed by atoms with Crippen molar-refractivity contribution in [3.05, 3.63) is 53.6 Å². The third-order valence-electron chi connectivity index (χ3n) is 7.02. The molecule has 0 spiro atoms. The van der Waals surface area contributed by atoms with Gasteiger partial charge in [-0.2, -0.15) is 0 Å². The van der Waals surface area contributed by atoms with Crippen LogP contribution < -0.4 is 20.7 Å². The largest absolute Gasteiger partial charge is 0.497 e. The summed E-state index contributed by atoms with van der Waals surface area (Å²) in [6.07, 6.45) is 2.22. The Morgan fingerprint density at radius 1 is 1.08 bits per heavy atom. The fourth-order valence-corrected chi connectivity index (χ4v) is 5.42. The van der Waals surface area contributed by atoms with Gasteiger partial charge >= 0.3 is 0 Å². The summed E-state index contributed by atoms with van der Waals surface area (Å²) in [6, 6.07) is 13.2. The van der Waals surface area contributed by atoms with Crippen molar-refractivity contribution in [1.82, 2.24) is 9.80 Å². The lowest BCUT2D eigenvalue weighted by atomic mass is 9.96. The quantitative estimate of drug-likeness (QED) is 0.432. The summed E-state index contributed by atoms with van der Waals surface area (Å²) in [5.41, 5.74) is 6.68. The first-order valence-electron chi connectivity index (χ1n) is 12.6. The molecule has 38 heavy (non-hydrogen) atoms. The molecule has 3 amide bonds. The predicted octanol–water partition coefficient (Wildman–Crippen LogP) is 3.27. The van der Waals surface area contributed by atoms with Gasteiger partial charge in [0, 0.05) is 23.2 Å². The molecule has 2 saturated heterocycles. The van der Waals surface area contributed by atoms with E-state index < -0.39 is 6.04 Å². The predicted molar refractivity (Wildman–Crippen MR) is 151 cm³/mol. The minimum absolute atomic E-state index is 0.0426. The number of primary amides is 1. The average Bonchev–Trinajstić information content (AvgIpc) is 3.14. The van der Waals surface area contributed by atoms with E-state index in [0.29, 0.717) is 33.8 Å². The van der Waals surface area contributed by atoms with E-state index in [1.54, 1.807) is 55.6 Å². The number of benzene rings is 2. The van der Waals surface area contributed by atoms with Crippen LogP contribution in [0.3, 0.4) is 0 Å². The monoisotopic (exact) mass is 557 g/mol.